The van der Waals surface area contributed by atoms with E-state index in [1.807, 2.05) is 36.4 Å². The number of carbonyl (C=O) groups excluding carboxylic acids is 2. The third-order valence-corrected chi connectivity index (χ3v) is 6.20. The molecule has 0 spiro atoms. The van der Waals surface area contributed by atoms with Gasteiger partial charge in [0.05, 0.1) is 7.11 Å². The van der Waals surface area contributed by atoms with Gasteiger partial charge in [-0.1, -0.05) is 61.7 Å². The second-order valence-electron chi connectivity index (χ2n) is 8.46. The fourth-order valence-electron chi connectivity index (χ4n) is 4.29. The normalized spacial score (nSPS) is 14.2. The fourth-order valence-corrected chi connectivity index (χ4v) is 4.29. The molecule has 0 saturated heterocycles. The van der Waals surface area contributed by atoms with Gasteiger partial charge in [0.2, 0.25) is 0 Å². The van der Waals surface area contributed by atoms with Crippen molar-refractivity contribution in [2.75, 3.05) is 12.4 Å². The Balaban J connectivity index is 1.38. The Hall–Kier alpha value is -3.66. The Kier molecular flexibility index (Phi) is 7.36. The molecule has 168 valence electrons. The number of hydrogen-bond acceptors (Lipinski definition) is 3. The summed E-state index contributed by atoms with van der Waals surface area (Å²) in [5.74, 6) is 1.10. The van der Waals surface area contributed by atoms with Crippen molar-refractivity contribution in [3.8, 4) is 5.75 Å². The van der Waals surface area contributed by atoms with Gasteiger partial charge in [0.15, 0.2) is 5.78 Å². The first-order valence-corrected chi connectivity index (χ1v) is 11.5. The molecular weight excluding hydrogens is 410 g/mol. The molecule has 0 unspecified atom stereocenters. The van der Waals surface area contributed by atoms with Crippen molar-refractivity contribution in [3.63, 3.8) is 0 Å². The van der Waals surface area contributed by atoms with Crippen molar-refractivity contribution in [2.45, 2.75) is 38.0 Å². The predicted molar refractivity (Wildman–Crippen MR) is 133 cm³/mol. The number of allylic oxidation sites excluding steroid dienone is 1. The maximum Gasteiger partial charge on any atom is 0.255 e. The molecule has 1 N–H and O–H groups in total. The van der Waals surface area contributed by atoms with E-state index in [2.05, 4.69) is 17.4 Å². The van der Waals surface area contributed by atoms with Gasteiger partial charge in [-0.15, -0.1) is 0 Å². The Labute approximate surface area is 195 Å². The number of amides is 1. The maximum atomic E-state index is 12.6. The summed E-state index contributed by atoms with van der Waals surface area (Å²) in [5.41, 5.74) is 4.09. The van der Waals surface area contributed by atoms with Gasteiger partial charge in [0.1, 0.15) is 5.75 Å². The Bertz CT molecular complexity index is 1120. The van der Waals surface area contributed by atoms with Crippen LogP contribution in [0.15, 0.2) is 78.9 Å². The lowest BCUT2D eigenvalue weighted by Gasteiger charge is -2.21. The number of ether oxygens (including phenoxy) is 1. The van der Waals surface area contributed by atoms with Crippen molar-refractivity contribution in [2.24, 2.45) is 0 Å². The van der Waals surface area contributed by atoms with Crippen LogP contribution in [0.2, 0.25) is 0 Å². The maximum absolute atomic E-state index is 12.6. The Morgan fingerprint density at radius 3 is 2.27 bits per heavy atom. The minimum Gasteiger partial charge on any atom is -0.497 e. The van der Waals surface area contributed by atoms with Crippen LogP contribution < -0.4 is 10.1 Å². The molecule has 4 heteroatoms. The largest absolute Gasteiger partial charge is 0.497 e. The quantitative estimate of drug-likeness (QED) is 0.322. The number of methoxy groups -OCH3 is 1. The van der Waals surface area contributed by atoms with Gasteiger partial charge in [-0.25, -0.2) is 0 Å². The minimum atomic E-state index is -0.201. The summed E-state index contributed by atoms with van der Waals surface area (Å²) >= 11 is 0. The molecule has 1 saturated carbocycles. The van der Waals surface area contributed by atoms with Crippen molar-refractivity contribution in [3.05, 3.63) is 101 Å². The van der Waals surface area contributed by atoms with E-state index in [9.17, 15) is 9.59 Å². The summed E-state index contributed by atoms with van der Waals surface area (Å²) in [6.07, 6.45) is 9.79. The molecule has 0 aliphatic heterocycles. The lowest BCUT2D eigenvalue weighted by molar-refractivity contribution is 0.102. The lowest BCUT2D eigenvalue weighted by Crippen LogP contribution is -2.11. The predicted octanol–water partition coefficient (Wildman–Crippen LogP) is 6.89. The molecule has 3 aromatic carbocycles. The first-order chi connectivity index (χ1) is 16.1. The van der Waals surface area contributed by atoms with Gasteiger partial charge in [-0.3, -0.25) is 9.59 Å². The molecular formula is C29H29NO3. The molecule has 33 heavy (non-hydrogen) atoms. The highest BCUT2D eigenvalue weighted by Gasteiger charge is 2.15. The second-order valence-corrected chi connectivity index (χ2v) is 8.46. The molecule has 0 bridgehead atoms. The van der Waals surface area contributed by atoms with Crippen LogP contribution in [0.25, 0.3) is 6.08 Å². The van der Waals surface area contributed by atoms with Gasteiger partial charge in [0, 0.05) is 16.8 Å². The van der Waals surface area contributed by atoms with Crippen LogP contribution in [-0.4, -0.2) is 18.8 Å². The van der Waals surface area contributed by atoms with E-state index in [1.54, 1.807) is 43.5 Å². The number of anilines is 1. The number of benzene rings is 3. The monoisotopic (exact) mass is 439 g/mol. The standard InChI is InChI=1S/C29H29NO3/c1-33-27-17-15-25(16-18-27)29(32)30-26-9-5-6-21(20-26)10-19-28(31)24-13-11-23(12-14-24)22-7-3-2-4-8-22/h5-6,9-20,22H,2-4,7-8H2,1H3,(H,30,32)/b19-10+. The van der Waals surface area contributed by atoms with Crippen LogP contribution in [0.1, 0.15) is 69.9 Å². The number of hydrogen-bond donors (Lipinski definition) is 1. The topological polar surface area (TPSA) is 55.4 Å². The molecule has 0 radical (unpaired) electrons. The lowest BCUT2D eigenvalue weighted by atomic mass is 9.84. The highest BCUT2D eigenvalue weighted by molar-refractivity contribution is 6.07. The van der Waals surface area contributed by atoms with E-state index in [-0.39, 0.29) is 11.7 Å². The SMILES string of the molecule is COc1ccc(C(=O)Nc2cccc(/C=C/C(=O)c3ccc(C4CCCCC4)cc3)c2)cc1. The Morgan fingerprint density at radius 2 is 1.58 bits per heavy atom. The van der Waals surface area contributed by atoms with E-state index in [1.165, 1.54) is 37.7 Å². The minimum absolute atomic E-state index is 0.0298. The summed E-state index contributed by atoms with van der Waals surface area (Å²) < 4.78 is 5.13. The van der Waals surface area contributed by atoms with E-state index in [4.69, 9.17) is 4.74 Å². The second kappa shape index (κ2) is 10.8. The molecule has 4 nitrogen and oxygen atoms in total. The summed E-state index contributed by atoms with van der Waals surface area (Å²) in [6.45, 7) is 0. The first kappa shape index (κ1) is 22.5. The molecule has 1 aliphatic carbocycles. The van der Waals surface area contributed by atoms with Crippen molar-refractivity contribution < 1.29 is 14.3 Å². The summed E-state index contributed by atoms with van der Waals surface area (Å²) in [7, 11) is 1.59. The fraction of sp³-hybridized carbons (Fsp3) is 0.241. The van der Waals surface area contributed by atoms with Gasteiger partial charge < -0.3 is 10.1 Å². The molecule has 0 heterocycles. The summed E-state index contributed by atoms with van der Waals surface area (Å²) in [4.78, 5) is 25.1. The van der Waals surface area contributed by atoms with Crippen molar-refractivity contribution in [1.82, 2.24) is 0 Å². The molecule has 4 rings (SSSR count). The number of ketones is 1. The van der Waals surface area contributed by atoms with E-state index in [0.717, 1.165) is 5.56 Å². The van der Waals surface area contributed by atoms with Gasteiger partial charge in [-0.2, -0.15) is 0 Å². The molecule has 0 aromatic heterocycles. The third kappa shape index (κ3) is 5.98. The number of nitrogens with one attached hydrogen (secondary N) is 1. The van der Waals surface area contributed by atoms with Crippen LogP contribution >= 0.6 is 0 Å². The average Bonchev–Trinajstić information content (AvgIpc) is 2.88. The zero-order valence-corrected chi connectivity index (χ0v) is 18.9. The zero-order valence-electron chi connectivity index (χ0n) is 18.9. The Morgan fingerprint density at radius 1 is 0.879 bits per heavy atom. The van der Waals surface area contributed by atoms with Gasteiger partial charge in [0.25, 0.3) is 5.91 Å². The molecule has 0 atom stereocenters. The van der Waals surface area contributed by atoms with E-state index >= 15 is 0 Å². The van der Waals surface area contributed by atoms with E-state index < -0.39 is 0 Å². The number of carbonyl (C=O) groups is 2. The first-order valence-electron chi connectivity index (χ1n) is 11.5. The average molecular weight is 440 g/mol. The van der Waals surface area contributed by atoms with Crippen molar-refractivity contribution >= 4 is 23.5 Å². The summed E-state index contributed by atoms with van der Waals surface area (Å²) in [6, 6.07) is 22.4. The molecule has 3 aromatic rings. The van der Waals surface area contributed by atoms with E-state index in [0.29, 0.717) is 28.5 Å². The van der Waals surface area contributed by atoms with Crippen LogP contribution in [-0.2, 0) is 0 Å². The third-order valence-electron chi connectivity index (χ3n) is 6.20. The van der Waals surface area contributed by atoms with Crippen LogP contribution in [0, 0.1) is 0 Å². The smallest absolute Gasteiger partial charge is 0.255 e. The van der Waals surface area contributed by atoms with Crippen LogP contribution in [0.5, 0.6) is 5.75 Å². The summed E-state index contributed by atoms with van der Waals surface area (Å²) in [5, 5.41) is 2.89. The highest BCUT2D eigenvalue weighted by atomic mass is 16.5. The van der Waals surface area contributed by atoms with Gasteiger partial charge in [-0.05, 0) is 72.4 Å². The van der Waals surface area contributed by atoms with Crippen molar-refractivity contribution in [1.29, 1.82) is 0 Å². The molecule has 1 aliphatic rings. The van der Waals surface area contributed by atoms with Gasteiger partial charge >= 0.3 is 0 Å². The highest BCUT2D eigenvalue weighted by Crippen LogP contribution is 2.32. The molecule has 1 amide bonds. The number of rotatable bonds is 7. The molecule has 1 fully saturated rings. The van der Waals surface area contributed by atoms with Crippen LogP contribution in [0.4, 0.5) is 5.69 Å². The zero-order chi connectivity index (χ0) is 23.0. The van der Waals surface area contributed by atoms with Crippen LogP contribution in [0.3, 0.4) is 0 Å².